The minimum Gasteiger partial charge on any atom is -0.352 e. The maximum absolute atomic E-state index is 4.72. The second-order valence-corrected chi connectivity index (χ2v) is 7.92. The minimum atomic E-state index is 0.668. The second kappa shape index (κ2) is 7.58. The molecule has 1 aromatic heterocycles. The highest BCUT2D eigenvalue weighted by molar-refractivity contribution is 7.99. The molecule has 0 spiro atoms. The van der Waals surface area contributed by atoms with E-state index in [0.29, 0.717) is 6.04 Å². The van der Waals surface area contributed by atoms with Crippen LogP contribution in [0.4, 0.5) is 5.82 Å². The normalized spacial score (nSPS) is 18.4. The van der Waals surface area contributed by atoms with Crippen molar-refractivity contribution < 1.29 is 0 Å². The van der Waals surface area contributed by atoms with Gasteiger partial charge in [-0.2, -0.15) is 11.8 Å². The molecule has 1 saturated heterocycles. The quantitative estimate of drug-likeness (QED) is 0.921. The van der Waals surface area contributed by atoms with Crippen molar-refractivity contribution in [2.45, 2.75) is 38.4 Å². The van der Waals surface area contributed by atoms with E-state index in [9.17, 15) is 0 Å². The largest absolute Gasteiger partial charge is 0.352 e. The number of hydrogen-bond donors (Lipinski definition) is 1. The highest BCUT2D eigenvalue weighted by Gasteiger charge is 2.20. The van der Waals surface area contributed by atoms with E-state index in [1.54, 1.807) is 0 Å². The molecule has 0 aliphatic carbocycles. The summed E-state index contributed by atoms with van der Waals surface area (Å²) in [5, 5.41) is 3.76. The van der Waals surface area contributed by atoms with Crippen molar-refractivity contribution in [3.8, 4) is 0 Å². The number of nitrogens with zero attached hydrogens (tertiary/aromatic N) is 2. The number of anilines is 1. The van der Waals surface area contributed by atoms with Gasteiger partial charge in [0.15, 0.2) is 0 Å². The molecule has 0 unspecified atom stereocenters. The van der Waals surface area contributed by atoms with Crippen molar-refractivity contribution in [1.29, 1.82) is 0 Å². The van der Waals surface area contributed by atoms with Crippen LogP contribution in [0.15, 0.2) is 42.6 Å². The number of fused-ring (bicyclic) bond motifs is 1. The second-order valence-electron chi connectivity index (χ2n) is 6.69. The standard InChI is InChI=1S/C20H25N3S/c1-2-5-18-15-23(11-7-16(18)4-1)20-17(6-3-10-21-20)14-22-19-8-12-24-13-9-19/h1-6,10,19,22H,7-9,11-15H2. The van der Waals surface area contributed by atoms with Crippen LogP contribution in [-0.4, -0.2) is 29.1 Å². The van der Waals surface area contributed by atoms with Gasteiger partial charge in [-0.3, -0.25) is 0 Å². The van der Waals surface area contributed by atoms with Gasteiger partial charge in [0.25, 0.3) is 0 Å². The van der Waals surface area contributed by atoms with Crippen LogP contribution < -0.4 is 10.2 Å². The summed E-state index contributed by atoms with van der Waals surface area (Å²) < 4.78 is 0. The van der Waals surface area contributed by atoms with Crippen LogP contribution in [0.3, 0.4) is 0 Å². The first-order chi connectivity index (χ1) is 11.9. The molecule has 1 aromatic carbocycles. The zero-order chi connectivity index (χ0) is 16.2. The maximum Gasteiger partial charge on any atom is 0.133 e. The average Bonchev–Trinajstić information content (AvgIpc) is 2.67. The van der Waals surface area contributed by atoms with Gasteiger partial charge in [0.2, 0.25) is 0 Å². The third kappa shape index (κ3) is 3.60. The Balaban J connectivity index is 1.47. The first kappa shape index (κ1) is 16.0. The van der Waals surface area contributed by atoms with E-state index >= 15 is 0 Å². The van der Waals surface area contributed by atoms with Gasteiger partial charge in [0.1, 0.15) is 5.82 Å². The molecule has 0 radical (unpaired) electrons. The van der Waals surface area contributed by atoms with E-state index in [4.69, 9.17) is 4.98 Å². The number of nitrogens with one attached hydrogen (secondary N) is 1. The Bertz CT molecular complexity index is 682. The van der Waals surface area contributed by atoms with E-state index in [-0.39, 0.29) is 0 Å². The van der Waals surface area contributed by atoms with Crippen molar-refractivity contribution in [3.63, 3.8) is 0 Å². The van der Waals surface area contributed by atoms with E-state index in [2.05, 4.69) is 58.4 Å². The van der Waals surface area contributed by atoms with E-state index in [1.807, 2.05) is 6.20 Å². The number of thioether (sulfide) groups is 1. The zero-order valence-corrected chi connectivity index (χ0v) is 14.9. The predicted molar refractivity (Wildman–Crippen MR) is 103 cm³/mol. The van der Waals surface area contributed by atoms with Gasteiger partial charge in [0.05, 0.1) is 0 Å². The Morgan fingerprint density at radius 1 is 1.08 bits per heavy atom. The van der Waals surface area contributed by atoms with Crippen LogP contribution in [0.5, 0.6) is 0 Å². The Morgan fingerprint density at radius 3 is 2.79 bits per heavy atom. The molecule has 0 amide bonds. The fourth-order valence-electron chi connectivity index (χ4n) is 3.69. The fourth-order valence-corrected chi connectivity index (χ4v) is 4.79. The Labute approximate surface area is 148 Å². The number of benzene rings is 1. The van der Waals surface area contributed by atoms with E-state index in [1.165, 1.54) is 41.0 Å². The van der Waals surface area contributed by atoms with Crippen molar-refractivity contribution >= 4 is 17.6 Å². The number of pyridine rings is 1. The lowest BCUT2D eigenvalue weighted by atomic mass is 9.99. The minimum absolute atomic E-state index is 0.668. The molecule has 0 bridgehead atoms. The molecular weight excluding hydrogens is 314 g/mol. The first-order valence-corrected chi connectivity index (χ1v) is 10.1. The Kier molecular flexibility index (Phi) is 5.04. The van der Waals surface area contributed by atoms with Gasteiger partial charge in [-0.25, -0.2) is 4.98 Å². The maximum atomic E-state index is 4.72. The molecule has 24 heavy (non-hydrogen) atoms. The summed E-state index contributed by atoms with van der Waals surface area (Å²) in [5.74, 6) is 3.74. The SMILES string of the molecule is c1ccc2c(c1)CCN(c1ncccc1CNC1CCSCC1)C2. The topological polar surface area (TPSA) is 28.2 Å². The number of hydrogen-bond acceptors (Lipinski definition) is 4. The number of rotatable bonds is 4. The van der Waals surface area contributed by atoms with Gasteiger partial charge < -0.3 is 10.2 Å². The summed E-state index contributed by atoms with van der Waals surface area (Å²) in [6.45, 7) is 2.96. The molecule has 0 atom stereocenters. The van der Waals surface area contributed by atoms with Crippen molar-refractivity contribution in [1.82, 2.24) is 10.3 Å². The fraction of sp³-hybridized carbons (Fsp3) is 0.450. The third-order valence-electron chi connectivity index (χ3n) is 5.10. The van der Waals surface area contributed by atoms with Gasteiger partial charge in [-0.05, 0) is 48.0 Å². The highest BCUT2D eigenvalue weighted by atomic mass is 32.2. The third-order valence-corrected chi connectivity index (χ3v) is 6.15. The molecule has 4 heteroatoms. The predicted octanol–water partition coefficient (Wildman–Crippen LogP) is 3.63. The monoisotopic (exact) mass is 339 g/mol. The van der Waals surface area contributed by atoms with Gasteiger partial charge in [-0.15, -0.1) is 0 Å². The van der Waals surface area contributed by atoms with Crippen LogP contribution in [0.25, 0.3) is 0 Å². The lowest BCUT2D eigenvalue weighted by molar-refractivity contribution is 0.481. The first-order valence-electron chi connectivity index (χ1n) is 8.97. The molecule has 1 N–H and O–H groups in total. The van der Waals surface area contributed by atoms with Crippen molar-refractivity contribution in [3.05, 3.63) is 59.3 Å². The van der Waals surface area contributed by atoms with Gasteiger partial charge in [-0.1, -0.05) is 30.3 Å². The summed E-state index contributed by atoms with van der Waals surface area (Å²) in [5.41, 5.74) is 4.26. The molecule has 4 rings (SSSR count). The van der Waals surface area contributed by atoms with Crippen LogP contribution in [0.2, 0.25) is 0 Å². The van der Waals surface area contributed by atoms with Crippen molar-refractivity contribution in [2.24, 2.45) is 0 Å². The molecule has 2 aliphatic heterocycles. The Morgan fingerprint density at radius 2 is 1.92 bits per heavy atom. The lowest BCUT2D eigenvalue weighted by Crippen LogP contribution is -2.34. The zero-order valence-electron chi connectivity index (χ0n) is 14.1. The molecule has 2 aromatic rings. The van der Waals surface area contributed by atoms with Crippen LogP contribution in [0.1, 0.15) is 29.5 Å². The average molecular weight is 340 g/mol. The summed E-state index contributed by atoms with van der Waals surface area (Å²) >= 11 is 2.08. The molecule has 126 valence electrons. The summed E-state index contributed by atoms with van der Waals surface area (Å²) in [7, 11) is 0. The molecular formula is C20H25N3S. The van der Waals surface area contributed by atoms with E-state index in [0.717, 1.165) is 31.9 Å². The molecule has 3 nitrogen and oxygen atoms in total. The van der Waals surface area contributed by atoms with Gasteiger partial charge >= 0.3 is 0 Å². The summed E-state index contributed by atoms with van der Waals surface area (Å²) in [6.07, 6.45) is 5.62. The molecule has 2 aliphatic rings. The number of aromatic nitrogens is 1. The van der Waals surface area contributed by atoms with Gasteiger partial charge in [0, 0.05) is 37.4 Å². The smallest absolute Gasteiger partial charge is 0.133 e. The molecule has 3 heterocycles. The molecule has 0 saturated carbocycles. The highest BCUT2D eigenvalue weighted by Crippen LogP contribution is 2.26. The summed E-state index contributed by atoms with van der Waals surface area (Å²) in [6, 6.07) is 13.8. The van der Waals surface area contributed by atoms with E-state index < -0.39 is 0 Å². The Hall–Kier alpha value is -1.52. The summed E-state index contributed by atoms with van der Waals surface area (Å²) in [4.78, 5) is 7.16. The van der Waals surface area contributed by atoms with Crippen LogP contribution in [0, 0.1) is 0 Å². The van der Waals surface area contributed by atoms with Crippen LogP contribution >= 0.6 is 11.8 Å². The van der Waals surface area contributed by atoms with Crippen molar-refractivity contribution in [2.75, 3.05) is 23.0 Å². The lowest BCUT2D eigenvalue weighted by Gasteiger charge is -2.31. The molecule has 1 fully saturated rings. The van der Waals surface area contributed by atoms with Crippen LogP contribution in [-0.2, 0) is 19.5 Å².